The van der Waals surface area contributed by atoms with E-state index in [1.807, 2.05) is 0 Å². The molecule has 0 amide bonds. The summed E-state index contributed by atoms with van der Waals surface area (Å²) in [5.74, 6) is 1.18. The highest BCUT2D eigenvalue weighted by molar-refractivity contribution is 5.00. The van der Waals surface area contributed by atoms with Gasteiger partial charge in [0.2, 0.25) is 0 Å². The molecule has 2 N–H and O–H groups in total. The van der Waals surface area contributed by atoms with Gasteiger partial charge in [-0.05, 0) is 37.8 Å². The lowest BCUT2D eigenvalue weighted by molar-refractivity contribution is 0.437. The third-order valence-electron chi connectivity index (χ3n) is 3.07. The molecule has 4 nitrogen and oxygen atoms in total. The van der Waals surface area contributed by atoms with Crippen molar-refractivity contribution in [2.24, 2.45) is 11.8 Å². The van der Waals surface area contributed by atoms with Crippen molar-refractivity contribution in [2.75, 3.05) is 13.1 Å². The minimum atomic E-state index is 0.113. The Hall–Kier alpha value is -1.03. The molecular formula is C12H21N3O. The Labute approximate surface area is 96.0 Å². The summed E-state index contributed by atoms with van der Waals surface area (Å²) in [6.45, 7) is 7.26. The summed E-state index contributed by atoms with van der Waals surface area (Å²) in [6, 6.07) is 1.74. The van der Waals surface area contributed by atoms with Crippen LogP contribution >= 0.6 is 0 Å². The summed E-state index contributed by atoms with van der Waals surface area (Å²) in [5, 5.41) is 6.54. The zero-order valence-corrected chi connectivity index (χ0v) is 10.1. The van der Waals surface area contributed by atoms with Gasteiger partial charge in [-0.1, -0.05) is 13.8 Å². The van der Waals surface area contributed by atoms with Gasteiger partial charge >= 0.3 is 0 Å². The highest BCUT2D eigenvalue weighted by Gasteiger charge is 2.16. The van der Waals surface area contributed by atoms with Gasteiger partial charge in [-0.15, -0.1) is 0 Å². The highest BCUT2D eigenvalue weighted by Crippen LogP contribution is 2.09. The van der Waals surface area contributed by atoms with Crippen molar-refractivity contribution in [3.05, 3.63) is 22.1 Å². The van der Waals surface area contributed by atoms with Crippen LogP contribution in [0.4, 0.5) is 0 Å². The van der Waals surface area contributed by atoms with E-state index < -0.39 is 0 Å². The maximum Gasteiger partial charge on any atom is 0.266 e. The molecule has 0 radical (unpaired) electrons. The lowest BCUT2D eigenvalue weighted by Gasteiger charge is -2.08. The van der Waals surface area contributed by atoms with E-state index >= 15 is 0 Å². The molecule has 0 saturated carbocycles. The molecule has 16 heavy (non-hydrogen) atoms. The van der Waals surface area contributed by atoms with Gasteiger partial charge in [-0.2, -0.15) is 0 Å². The summed E-state index contributed by atoms with van der Waals surface area (Å²) >= 11 is 0. The first-order valence-corrected chi connectivity index (χ1v) is 6.14. The zero-order valence-electron chi connectivity index (χ0n) is 10.1. The van der Waals surface area contributed by atoms with Crippen LogP contribution in [-0.2, 0) is 13.0 Å². The Kier molecular flexibility index (Phi) is 3.49. The number of nitrogens with one attached hydrogen (secondary N) is 2. The van der Waals surface area contributed by atoms with E-state index in [9.17, 15) is 4.79 Å². The molecule has 0 spiro atoms. The molecule has 1 fully saturated rings. The van der Waals surface area contributed by atoms with E-state index in [-0.39, 0.29) is 5.56 Å². The second kappa shape index (κ2) is 4.87. The zero-order chi connectivity index (χ0) is 11.5. The molecule has 1 aliphatic heterocycles. The summed E-state index contributed by atoms with van der Waals surface area (Å²) in [4.78, 5) is 11.7. The number of aromatic amines is 1. The molecule has 1 atom stereocenters. The topological polar surface area (TPSA) is 49.8 Å². The second-order valence-corrected chi connectivity index (χ2v) is 5.19. The van der Waals surface area contributed by atoms with Crippen molar-refractivity contribution >= 4 is 0 Å². The van der Waals surface area contributed by atoms with Crippen LogP contribution in [0.3, 0.4) is 0 Å². The van der Waals surface area contributed by atoms with E-state index in [0.717, 1.165) is 31.7 Å². The van der Waals surface area contributed by atoms with Gasteiger partial charge < -0.3 is 5.32 Å². The number of hydrogen-bond acceptors (Lipinski definition) is 2. The molecule has 1 aromatic rings. The predicted octanol–water partition coefficient (Wildman–Crippen LogP) is 0.984. The first kappa shape index (κ1) is 11.5. The molecule has 2 heterocycles. The summed E-state index contributed by atoms with van der Waals surface area (Å²) in [6.07, 6.45) is 2.12. The molecule has 90 valence electrons. The quantitative estimate of drug-likeness (QED) is 0.799. The standard InChI is InChI=1S/C12H21N3O/c1-9(2)5-11-6-12(16)15(14-11)8-10-3-4-13-7-10/h6,9-10,13-14H,3-5,7-8H2,1-2H3. The molecule has 2 rings (SSSR count). The maximum atomic E-state index is 11.7. The third kappa shape index (κ3) is 2.76. The molecule has 1 aromatic heterocycles. The number of rotatable bonds is 4. The summed E-state index contributed by atoms with van der Waals surface area (Å²) in [7, 11) is 0. The van der Waals surface area contributed by atoms with Gasteiger partial charge in [-0.3, -0.25) is 14.6 Å². The third-order valence-corrected chi connectivity index (χ3v) is 3.07. The van der Waals surface area contributed by atoms with Gasteiger partial charge in [0.05, 0.1) is 0 Å². The molecule has 1 unspecified atom stereocenters. The van der Waals surface area contributed by atoms with Gasteiger partial charge in [0.1, 0.15) is 0 Å². The van der Waals surface area contributed by atoms with Crippen molar-refractivity contribution in [3.8, 4) is 0 Å². The van der Waals surface area contributed by atoms with E-state index in [4.69, 9.17) is 0 Å². The van der Waals surface area contributed by atoms with Crippen molar-refractivity contribution < 1.29 is 0 Å². The van der Waals surface area contributed by atoms with Gasteiger partial charge in [0, 0.05) is 18.3 Å². The molecule has 0 aliphatic carbocycles. The van der Waals surface area contributed by atoms with Crippen LogP contribution in [0.25, 0.3) is 0 Å². The lowest BCUT2D eigenvalue weighted by atomic mass is 10.1. The van der Waals surface area contributed by atoms with E-state index in [0.29, 0.717) is 11.8 Å². The number of H-pyrrole nitrogens is 1. The average molecular weight is 223 g/mol. The van der Waals surface area contributed by atoms with E-state index in [2.05, 4.69) is 24.3 Å². The number of hydrogen-bond donors (Lipinski definition) is 2. The first-order valence-electron chi connectivity index (χ1n) is 6.14. The van der Waals surface area contributed by atoms with Crippen molar-refractivity contribution in [3.63, 3.8) is 0 Å². The van der Waals surface area contributed by atoms with Crippen LogP contribution in [0.1, 0.15) is 26.0 Å². The van der Waals surface area contributed by atoms with Crippen molar-refractivity contribution in [2.45, 2.75) is 33.2 Å². The van der Waals surface area contributed by atoms with E-state index in [1.165, 1.54) is 6.42 Å². The Bertz CT molecular complexity index is 385. The SMILES string of the molecule is CC(C)Cc1cc(=O)n(CC2CCNC2)[nH]1. The monoisotopic (exact) mass is 223 g/mol. The maximum absolute atomic E-state index is 11.7. The minimum absolute atomic E-state index is 0.113. The fourth-order valence-corrected chi connectivity index (χ4v) is 2.30. The summed E-state index contributed by atoms with van der Waals surface area (Å²) < 4.78 is 1.76. The van der Waals surface area contributed by atoms with Crippen LogP contribution in [0.15, 0.2) is 10.9 Å². The Morgan fingerprint density at radius 3 is 3.00 bits per heavy atom. The average Bonchev–Trinajstić information content (AvgIpc) is 2.77. The number of nitrogens with zero attached hydrogens (tertiary/aromatic N) is 1. The predicted molar refractivity (Wildman–Crippen MR) is 64.6 cm³/mol. The normalized spacial score (nSPS) is 20.8. The Balaban J connectivity index is 2.03. The Morgan fingerprint density at radius 2 is 2.38 bits per heavy atom. The smallest absolute Gasteiger partial charge is 0.266 e. The van der Waals surface area contributed by atoms with E-state index in [1.54, 1.807) is 10.7 Å². The van der Waals surface area contributed by atoms with Crippen LogP contribution < -0.4 is 10.9 Å². The molecular weight excluding hydrogens is 202 g/mol. The van der Waals surface area contributed by atoms with Crippen molar-refractivity contribution in [1.82, 2.24) is 15.1 Å². The fraction of sp³-hybridized carbons (Fsp3) is 0.750. The molecule has 4 heteroatoms. The number of aromatic nitrogens is 2. The van der Waals surface area contributed by atoms with Gasteiger partial charge in [-0.25, -0.2) is 0 Å². The fourth-order valence-electron chi connectivity index (χ4n) is 2.30. The lowest BCUT2D eigenvalue weighted by Crippen LogP contribution is -2.22. The molecule has 0 aromatic carbocycles. The van der Waals surface area contributed by atoms with Crippen LogP contribution in [0.2, 0.25) is 0 Å². The van der Waals surface area contributed by atoms with Gasteiger partial charge in [0.25, 0.3) is 5.56 Å². The van der Waals surface area contributed by atoms with Gasteiger partial charge in [0.15, 0.2) is 0 Å². The highest BCUT2D eigenvalue weighted by atomic mass is 16.1. The molecule has 0 bridgehead atoms. The largest absolute Gasteiger partial charge is 0.316 e. The van der Waals surface area contributed by atoms with Crippen LogP contribution in [0.5, 0.6) is 0 Å². The first-order chi connectivity index (χ1) is 7.65. The molecule has 1 saturated heterocycles. The second-order valence-electron chi connectivity index (χ2n) is 5.19. The van der Waals surface area contributed by atoms with Crippen LogP contribution in [-0.4, -0.2) is 22.9 Å². The molecule has 1 aliphatic rings. The van der Waals surface area contributed by atoms with Crippen LogP contribution in [0, 0.1) is 11.8 Å². The minimum Gasteiger partial charge on any atom is -0.316 e. The van der Waals surface area contributed by atoms with Crippen molar-refractivity contribution in [1.29, 1.82) is 0 Å². The Morgan fingerprint density at radius 1 is 1.56 bits per heavy atom. The summed E-state index contributed by atoms with van der Waals surface area (Å²) in [5.41, 5.74) is 1.17.